The minimum absolute atomic E-state index is 0.368. The molecule has 0 aliphatic heterocycles. The summed E-state index contributed by atoms with van der Waals surface area (Å²) in [5, 5.41) is 3.12. The summed E-state index contributed by atoms with van der Waals surface area (Å²) in [6.07, 6.45) is 2.08. The Morgan fingerprint density at radius 2 is 2.14 bits per heavy atom. The van der Waals surface area contributed by atoms with Gasteiger partial charge in [-0.15, -0.1) is 0 Å². The molecule has 0 amide bonds. The summed E-state index contributed by atoms with van der Waals surface area (Å²) in [4.78, 5) is 4.08. The molecule has 0 unspecified atom stereocenters. The van der Waals surface area contributed by atoms with Gasteiger partial charge < -0.3 is 16.8 Å². The van der Waals surface area contributed by atoms with Gasteiger partial charge in [0, 0.05) is 6.54 Å². The van der Waals surface area contributed by atoms with E-state index in [9.17, 15) is 0 Å². The summed E-state index contributed by atoms with van der Waals surface area (Å²) in [7, 11) is 0. The number of nitrogens with two attached hydrogens (primary N) is 2. The van der Waals surface area contributed by atoms with Crippen molar-refractivity contribution in [1.29, 1.82) is 0 Å². The molecule has 0 spiro atoms. The third kappa shape index (κ3) is 2.97. The number of nitrogens with one attached hydrogen (secondary N) is 1. The first-order valence-corrected chi connectivity index (χ1v) is 4.49. The molecule has 0 aromatic carbocycles. The van der Waals surface area contributed by atoms with Crippen molar-refractivity contribution in [2.24, 2.45) is 0 Å². The number of anilines is 3. The van der Waals surface area contributed by atoms with E-state index < -0.39 is 0 Å². The number of allylic oxidation sites excluding steroid dienone is 1. The van der Waals surface area contributed by atoms with Crippen molar-refractivity contribution < 1.29 is 0 Å². The van der Waals surface area contributed by atoms with Crippen LogP contribution in [0.25, 0.3) is 0 Å². The summed E-state index contributed by atoms with van der Waals surface area (Å²) in [6.45, 7) is 4.84. The van der Waals surface area contributed by atoms with Crippen LogP contribution in [0.1, 0.15) is 13.8 Å². The van der Waals surface area contributed by atoms with Gasteiger partial charge in [-0.25, -0.2) is 4.98 Å². The summed E-state index contributed by atoms with van der Waals surface area (Å²) in [5.74, 6) is 1.11. The summed E-state index contributed by atoms with van der Waals surface area (Å²) in [5.41, 5.74) is 12.9. The maximum atomic E-state index is 5.56. The zero-order chi connectivity index (χ0) is 10.6. The van der Waals surface area contributed by atoms with Gasteiger partial charge in [-0.3, -0.25) is 0 Å². The van der Waals surface area contributed by atoms with E-state index in [0.717, 1.165) is 12.4 Å². The van der Waals surface area contributed by atoms with Crippen molar-refractivity contribution in [3.63, 3.8) is 0 Å². The van der Waals surface area contributed by atoms with E-state index in [1.54, 1.807) is 6.07 Å². The van der Waals surface area contributed by atoms with Gasteiger partial charge in [0.1, 0.15) is 11.6 Å². The number of hydrogen-bond acceptors (Lipinski definition) is 4. The molecule has 0 radical (unpaired) electrons. The van der Waals surface area contributed by atoms with Crippen LogP contribution in [0.4, 0.5) is 17.3 Å². The summed E-state index contributed by atoms with van der Waals surface area (Å²) >= 11 is 0. The average molecular weight is 192 g/mol. The Morgan fingerprint density at radius 3 is 2.71 bits per heavy atom. The fourth-order valence-electron chi connectivity index (χ4n) is 0.944. The van der Waals surface area contributed by atoms with Crippen LogP contribution < -0.4 is 16.8 Å². The van der Waals surface area contributed by atoms with Crippen LogP contribution in [0.5, 0.6) is 0 Å². The highest BCUT2D eigenvalue weighted by atomic mass is 15.0. The smallest absolute Gasteiger partial charge is 0.149 e. The molecule has 0 atom stereocenters. The Kier molecular flexibility index (Phi) is 3.34. The minimum Gasteiger partial charge on any atom is -0.396 e. The van der Waals surface area contributed by atoms with E-state index in [4.69, 9.17) is 11.5 Å². The molecule has 0 saturated heterocycles. The SMILES string of the molecule is CC(C)=CCNc1ccc(N)c(N)n1. The van der Waals surface area contributed by atoms with Crippen LogP contribution in [0.3, 0.4) is 0 Å². The van der Waals surface area contributed by atoms with E-state index in [-0.39, 0.29) is 0 Å². The van der Waals surface area contributed by atoms with Crippen LogP contribution in [0.15, 0.2) is 23.8 Å². The van der Waals surface area contributed by atoms with Gasteiger partial charge in [-0.2, -0.15) is 0 Å². The monoisotopic (exact) mass is 192 g/mol. The molecule has 1 aromatic rings. The topological polar surface area (TPSA) is 77.0 Å². The van der Waals surface area contributed by atoms with E-state index in [1.165, 1.54) is 5.57 Å². The molecule has 0 aliphatic rings. The Morgan fingerprint density at radius 1 is 1.43 bits per heavy atom. The van der Waals surface area contributed by atoms with Crippen LogP contribution in [0, 0.1) is 0 Å². The molecule has 4 heteroatoms. The van der Waals surface area contributed by atoms with Crippen molar-refractivity contribution in [2.75, 3.05) is 23.3 Å². The third-order valence-corrected chi connectivity index (χ3v) is 1.75. The lowest BCUT2D eigenvalue weighted by Crippen LogP contribution is -2.04. The molecular formula is C10H16N4. The highest BCUT2D eigenvalue weighted by Gasteiger charge is 1.96. The number of hydrogen-bond donors (Lipinski definition) is 3. The molecule has 1 aromatic heterocycles. The zero-order valence-corrected chi connectivity index (χ0v) is 8.54. The maximum Gasteiger partial charge on any atom is 0.149 e. The second kappa shape index (κ2) is 4.50. The lowest BCUT2D eigenvalue weighted by Gasteiger charge is -2.05. The molecular weight excluding hydrogens is 176 g/mol. The predicted octanol–water partition coefficient (Wildman–Crippen LogP) is 1.62. The van der Waals surface area contributed by atoms with Gasteiger partial charge in [0.15, 0.2) is 0 Å². The number of pyridine rings is 1. The van der Waals surface area contributed by atoms with Crippen molar-refractivity contribution in [1.82, 2.24) is 4.98 Å². The van der Waals surface area contributed by atoms with Gasteiger partial charge in [-0.05, 0) is 26.0 Å². The first kappa shape index (κ1) is 10.4. The van der Waals surface area contributed by atoms with Crippen molar-refractivity contribution >= 4 is 17.3 Å². The van der Waals surface area contributed by atoms with Crippen molar-refractivity contribution in [3.8, 4) is 0 Å². The first-order valence-electron chi connectivity index (χ1n) is 4.49. The molecule has 0 saturated carbocycles. The van der Waals surface area contributed by atoms with Crippen molar-refractivity contribution in [3.05, 3.63) is 23.8 Å². The highest BCUT2D eigenvalue weighted by Crippen LogP contribution is 2.14. The Bertz CT molecular complexity index is 340. The normalized spacial score (nSPS) is 9.57. The van der Waals surface area contributed by atoms with Gasteiger partial charge in [0.25, 0.3) is 0 Å². The largest absolute Gasteiger partial charge is 0.396 e. The fourth-order valence-corrected chi connectivity index (χ4v) is 0.944. The quantitative estimate of drug-likeness (QED) is 0.636. The molecule has 1 rings (SSSR count). The van der Waals surface area contributed by atoms with Crippen molar-refractivity contribution in [2.45, 2.75) is 13.8 Å². The Hall–Kier alpha value is -1.71. The van der Waals surface area contributed by atoms with E-state index in [1.807, 2.05) is 19.9 Å². The fraction of sp³-hybridized carbons (Fsp3) is 0.300. The van der Waals surface area contributed by atoms with Crippen LogP contribution >= 0.6 is 0 Å². The molecule has 0 aliphatic carbocycles. The van der Waals surface area contributed by atoms with Gasteiger partial charge in [-0.1, -0.05) is 11.6 Å². The molecule has 0 fully saturated rings. The third-order valence-electron chi connectivity index (χ3n) is 1.75. The molecule has 14 heavy (non-hydrogen) atoms. The van der Waals surface area contributed by atoms with E-state index >= 15 is 0 Å². The Balaban J connectivity index is 2.60. The lowest BCUT2D eigenvalue weighted by molar-refractivity contribution is 1.21. The summed E-state index contributed by atoms with van der Waals surface area (Å²) in [6, 6.07) is 3.55. The molecule has 4 nitrogen and oxygen atoms in total. The Labute approximate surface area is 84.0 Å². The molecule has 76 valence electrons. The van der Waals surface area contributed by atoms with Gasteiger partial charge in [0.2, 0.25) is 0 Å². The number of rotatable bonds is 3. The van der Waals surface area contributed by atoms with Crippen LogP contribution in [0.2, 0.25) is 0 Å². The van der Waals surface area contributed by atoms with Gasteiger partial charge >= 0.3 is 0 Å². The summed E-state index contributed by atoms with van der Waals surface area (Å²) < 4.78 is 0. The molecule has 1 heterocycles. The van der Waals surface area contributed by atoms with Crippen LogP contribution in [-0.4, -0.2) is 11.5 Å². The second-order valence-corrected chi connectivity index (χ2v) is 3.33. The first-order chi connectivity index (χ1) is 6.59. The maximum absolute atomic E-state index is 5.56. The lowest BCUT2D eigenvalue weighted by atomic mass is 10.3. The minimum atomic E-state index is 0.368. The molecule has 0 bridgehead atoms. The second-order valence-electron chi connectivity index (χ2n) is 3.33. The standard InChI is InChI=1S/C10H16N4/c1-7(2)5-6-13-9-4-3-8(11)10(12)14-9/h3-5H,6,11H2,1-2H3,(H3,12,13,14). The zero-order valence-electron chi connectivity index (χ0n) is 8.54. The average Bonchev–Trinajstić information content (AvgIpc) is 2.10. The van der Waals surface area contributed by atoms with Gasteiger partial charge in [0.05, 0.1) is 5.69 Å². The predicted molar refractivity (Wildman–Crippen MR) is 61.0 cm³/mol. The number of aromatic nitrogens is 1. The number of nitrogen functional groups attached to an aromatic ring is 2. The number of nitrogens with zero attached hydrogens (tertiary/aromatic N) is 1. The van der Waals surface area contributed by atoms with E-state index in [2.05, 4.69) is 16.4 Å². The highest BCUT2D eigenvalue weighted by molar-refractivity contribution is 5.61. The van der Waals surface area contributed by atoms with E-state index in [0.29, 0.717) is 11.5 Å². The molecule has 5 N–H and O–H groups in total. The van der Waals surface area contributed by atoms with Crippen LogP contribution in [-0.2, 0) is 0 Å².